The van der Waals surface area contributed by atoms with E-state index in [1.165, 1.54) is 0 Å². The fourth-order valence-corrected chi connectivity index (χ4v) is 3.99. The highest BCUT2D eigenvalue weighted by Gasteiger charge is 2.40. The lowest BCUT2D eigenvalue weighted by molar-refractivity contribution is -0.0148. The Labute approximate surface area is 145 Å². The quantitative estimate of drug-likeness (QED) is 0.822. The van der Waals surface area contributed by atoms with Crippen molar-refractivity contribution in [2.75, 3.05) is 20.1 Å². The molecule has 3 atom stereocenters. The summed E-state index contributed by atoms with van der Waals surface area (Å²) in [5.74, 6) is 0.0220. The van der Waals surface area contributed by atoms with Crippen molar-refractivity contribution in [2.45, 2.75) is 37.5 Å². The Morgan fingerprint density at radius 3 is 2.52 bits per heavy atom. The van der Waals surface area contributed by atoms with E-state index in [0.29, 0.717) is 5.56 Å². The lowest BCUT2D eigenvalue weighted by Crippen LogP contribution is -2.58. The zero-order valence-corrected chi connectivity index (χ0v) is 14.9. The lowest BCUT2D eigenvalue weighted by atomic mass is 9.85. The van der Waals surface area contributed by atoms with Crippen molar-refractivity contribution in [3.8, 4) is 0 Å². The number of carbonyl (C=O) groups is 1. The zero-order valence-electron chi connectivity index (χ0n) is 13.4. The van der Waals surface area contributed by atoms with Gasteiger partial charge >= 0.3 is 0 Å². The fraction of sp³-hybridized carbons (Fsp3) is 0.500. The van der Waals surface area contributed by atoms with Crippen LogP contribution < -0.4 is 0 Å². The van der Waals surface area contributed by atoms with Crippen LogP contribution >= 0.6 is 15.9 Å². The molecule has 0 aromatic heterocycles. The minimum Gasteiger partial charge on any atom is -0.391 e. The standard InChI is InChI=1S/C18H23BrN2O2/c1-20(18(23)13-7-9-14(19)10-8-13)15-5-4-6-16(22)17(15)21-11-2-3-12-21/h2-3,7-10,15-17,22H,4-6,11-12H2,1H3/t15-,16-,17+/m1/s1. The molecule has 1 amide bonds. The molecule has 1 heterocycles. The number of aliphatic hydroxyl groups is 1. The summed E-state index contributed by atoms with van der Waals surface area (Å²) in [6.45, 7) is 1.72. The summed E-state index contributed by atoms with van der Waals surface area (Å²) in [5, 5.41) is 10.5. The predicted molar refractivity (Wildman–Crippen MR) is 94.4 cm³/mol. The van der Waals surface area contributed by atoms with Crippen molar-refractivity contribution in [1.82, 2.24) is 9.80 Å². The van der Waals surface area contributed by atoms with Gasteiger partial charge in [-0.15, -0.1) is 0 Å². The number of aliphatic hydroxyl groups excluding tert-OH is 1. The summed E-state index contributed by atoms with van der Waals surface area (Å²) in [7, 11) is 1.86. The topological polar surface area (TPSA) is 43.8 Å². The van der Waals surface area contributed by atoms with E-state index in [1.54, 1.807) is 0 Å². The van der Waals surface area contributed by atoms with Crippen molar-refractivity contribution in [2.24, 2.45) is 0 Å². The Morgan fingerprint density at radius 2 is 1.87 bits per heavy atom. The predicted octanol–water partition coefficient (Wildman–Crippen LogP) is 2.67. The summed E-state index contributed by atoms with van der Waals surface area (Å²) in [6, 6.07) is 7.53. The van der Waals surface area contributed by atoms with Gasteiger partial charge in [0, 0.05) is 36.2 Å². The van der Waals surface area contributed by atoms with E-state index >= 15 is 0 Å². The molecule has 0 saturated heterocycles. The summed E-state index contributed by atoms with van der Waals surface area (Å²) in [4.78, 5) is 16.9. The number of carbonyl (C=O) groups excluding carboxylic acids is 1. The fourth-order valence-electron chi connectivity index (χ4n) is 3.73. The third-order valence-electron chi connectivity index (χ3n) is 4.97. The number of amides is 1. The summed E-state index contributed by atoms with van der Waals surface area (Å²) < 4.78 is 0.964. The van der Waals surface area contributed by atoms with E-state index < -0.39 is 0 Å². The first kappa shape index (κ1) is 16.7. The molecule has 0 radical (unpaired) electrons. The van der Waals surface area contributed by atoms with Crippen molar-refractivity contribution in [3.05, 3.63) is 46.5 Å². The van der Waals surface area contributed by atoms with Gasteiger partial charge in [-0.1, -0.05) is 28.1 Å². The van der Waals surface area contributed by atoms with Gasteiger partial charge in [0.15, 0.2) is 0 Å². The molecule has 23 heavy (non-hydrogen) atoms. The van der Waals surface area contributed by atoms with Crippen LogP contribution in [0.15, 0.2) is 40.9 Å². The Balaban J connectivity index is 1.79. The van der Waals surface area contributed by atoms with Gasteiger partial charge in [-0.05, 0) is 43.5 Å². The highest BCUT2D eigenvalue weighted by atomic mass is 79.9. The maximum Gasteiger partial charge on any atom is 0.253 e. The molecule has 1 aliphatic carbocycles. The number of hydrogen-bond acceptors (Lipinski definition) is 3. The first-order chi connectivity index (χ1) is 11.1. The molecule has 0 bridgehead atoms. The Morgan fingerprint density at radius 1 is 1.22 bits per heavy atom. The SMILES string of the molecule is CN(C(=O)c1ccc(Br)cc1)[C@@H]1CCC[C@@H](O)[C@H]1N1CC=CC1. The van der Waals surface area contributed by atoms with E-state index in [0.717, 1.165) is 36.8 Å². The van der Waals surface area contributed by atoms with E-state index in [9.17, 15) is 9.90 Å². The zero-order chi connectivity index (χ0) is 16.4. The molecule has 5 heteroatoms. The molecular formula is C18H23BrN2O2. The van der Waals surface area contributed by atoms with Crippen LogP contribution in [0.2, 0.25) is 0 Å². The van der Waals surface area contributed by atoms with Crippen molar-refractivity contribution in [3.63, 3.8) is 0 Å². The third-order valence-corrected chi connectivity index (χ3v) is 5.49. The molecule has 1 N–H and O–H groups in total. The minimum atomic E-state index is -0.367. The van der Waals surface area contributed by atoms with Gasteiger partial charge in [0.1, 0.15) is 0 Å². The molecule has 2 aliphatic rings. The van der Waals surface area contributed by atoms with Gasteiger partial charge in [0.2, 0.25) is 0 Å². The average molecular weight is 379 g/mol. The molecule has 1 fully saturated rings. The van der Waals surface area contributed by atoms with Crippen LogP contribution in [0.5, 0.6) is 0 Å². The molecule has 3 rings (SSSR count). The van der Waals surface area contributed by atoms with Crippen LogP contribution in [0.25, 0.3) is 0 Å². The number of rotatable bonds is 3. The summed E-state index contributed by atoms with van der Waals surface area (Å²) in [6.07, 6.45) is 6.62. The van der Waals surface area contributed by atoms with Gasteiger partial charge < -0.3 is 10.0 Å². The first-order valence-electron chi connectivity index (χ1n) is 8.18. The third kappa shape index (κ3) is 3.52. The van der Waals surface area contributed by atoms with Gasteiger partial charge in [-0.25, -0.2) is 0 Å². The molecule has 0 spiro atoms. The average Bonchev–Trinajstić information content (AvgIpc) is 3.08. The van der Waals surface area contributed by atoms with Crippen LogP contribution in [0.4, 0.5) is 0 Å². The van der Waals surface area contributed by atoms with E-state index in [4.69, 9.17) is 0 Å². The number of likely N-dealkylation sites (N-methyl/N-ethyl adjacent to an activating group) is 1. The van der Waals surface area contributed by atoms with Gasteiger partial charge in [-0.2, -0.15) is 0 Å². The van der Waals surface area contributed by atoms with Crippen molar-refractivity contribution in [1.29, 1.82) is 0 Å². The Bertz CT molecular complexity index is 579. The Hall–Kier alpha value is -1.17. The maximum atomic E-state index is 12.8. The molecule has 1 aromatic carbocycles. The molecule has 0 unspecified atom stereocenters. The van der Waals surface area contributed by atoms with E-state index in [2.05, 4.69) is 33.0 Å². The number of halogens is 1. The van der Waals surface area contributed by atoms with Crippen LogP contribution in [-0.2, 0) is 0 Å². The summed E-state index contributed by atoms with van der Waals surface area (Å²) in [5.41, 5.74) is 0.689. The number of benzene rings is 1. The minimum absolute atomic E-state index is 0.0168. The largest absolute Gasteiger partial charge is 0.391 e. The first-order valence-corrected chi connectivity index (χ1v) is 8.97. The monoisotopic (exact) mass is 378 g/mol. The van der Waals surface area contributed by atoms with Crippen molar-refractivity contribution < 1.29 is 9.90 Å². The Kier molecular flexibility index (Phi) is 5.19. The second-order valence-electron chi connectivity index (χ2n) is 6.40. The molecule has 1 aromatic rings. The van der Waals surface area contributed by atoms with Gasteiger partial charge in [0.25, 0.3) is 5.91 Å². The van der Waals surface area contributed by atoms with Gasteiger partial charge in [-0.3, -0.25) is 9.69 Å². The number of hydrogen-bond donors (Lipinski definition) is 1. The van der Waals surface area contributed by atoms with Crippen LogP contribution in [0, 0.1) is 0 Å². The van der Waals surface area contributed by atoms with Crippen LogP contribution in [0.3, 0.4) is 0 Å². The molecular weight excluding hydrogens is 356 g/mol. The molecule has 1 saturated carbocycles. The van der Waals surface area contributed by atoms with Gasteiger partial charge in [0.05, 0.1) is 12.1 Å². The van der Waals surface area contributed by atoms with Crippen LogP contribution in [-0.4, -0.2) is 59.1 Å². The molecule has 4 nitrogen and oxygen atoms in total. The van der Waals surface area contributed by atoms with Crippen molar-refractivity contribution >= 4 is 21.8 Å². The van der Waals surface area contributed by atoms with E-state index in [-0.39, 0.29) is 24.1 Å². The lowest BCUT2D eigenvalue weighted by Gasteiger charge is -2.45. The highest BCUT2D eigenvalue weighted by Crippen LogP contribution is 2.29. The highest BCUT2D eigenvalue weighted by molar-refractivity contribution is 9.10. The van der Waals surface area contributed by atoms with E-state index in [1.807, 2.05) is 36.2 Å². The second kappa shape index (κ2) is 7.16. The molecule has 124 valence electrons. The second-order valence-corrected chi connectivity index (χ2v) is 7.32. The smallest absolute Gasteiger partial charge is 0.253 e. The normalized spacial score (nSPS) is 28.0. The number of nitrogens with zero attached hydrogens (tertiary/aromatic N) is 2. The molecule has 1 aliphatic heterocycles. The maximum absolute atomic E-state index is 12.8. The summed E-state index contributed by atoms with van der Waals surface area (Å²) >= 11 is 3.40. The van der Waals surface area contributed by atoms with Crippen LogP contribution in [0.1, 0.15) is 29.6 Å².